The maximum Gasteiger partial charge on any atom is 0.293 e. The molecule has 6 heterocycles. The molecule has 4 aromatic rings. The second-order valence-corrected chi connectivity index (χ2v) is 19.1. The van der Waals surface area contributed by atoms with E-state index in [1.807, 2.05) is 45.0 Å². The Bertz CT molecular complexity index is 2710. The molecular formula is C48H57ClN10O8. The van der Waals surface area contributed by atoms with Crippen LogP contribution in [0.3, 0.4) is 0 Å². The normalized spacial score (nSPS) is 23.7. The Hall–Kier alpha value is -6.11. The molecule has 1 aliphatic carbocycles. The first-order valence-electron chi connectivity index (χ1n) is 23.2. The average Bonchev–Trinajstić information content (AvgIpc) is 3.54. The molecule has 3 saturated heterocycles. The Labute approximate surface area is 393 Å². The Morgan fingerprint density at radius 1 is 0.955 bits per heavy atom. The van der Waals surface area contributed by atoms with Crippen molar-refractivity contribution in [1.29, 1.82) is 0 Å². The van der Waals surface area contributed by atoms with Crippen LogP contribution in [0.4, 0.5) is 23.1 Å². The summed E-state index contributed by atoms with van der Waals surface area (Å²) in [6.07, 6.45) is 5.73. The number of amides is 5. The molecule has 2 aromatic carbocycles. The number of likely N-dealkylation sites (N-methyl/N-ethyl adjacent to an activating group) is 1. The molecule has 4 aliphatic heterocycles. The van der Waals surface area contributed by atoms with Gasteiger partial charge in [-0.3, -0.25) is 43.9 Å². The number of ether oxygens (including phenoxy) is 2. The molecule has 5 amide bonds. The summed E-state index contributed by atoms with van der Waals surface area (Å²) in [6, 6.07) is 10.5. The van der Waals surface area contributed by atoms with Gasteiger partial charge in [0.15, 0.2) is 18.2 Å². The minimum atomic E-state index is -0.999. The van der Waals surface area contributed by atoms with Crippen molar-refractivity contribution in [2.45, 2.75) is 116 Å². The molecule has 18 nitrogen and oxygen atoms in total. The van der Waals surface area contributed by atoms with Crippen molar-refractivity contribution in [2.75, 3.05) is 55.0 Å². The number of carbonyl (C=O) groups excluding carboxylic acids is 5. The van der Waals surface area contributed by atoms with Crippen molar-refractivity contribution in [3.8, 4) is 5.75 Å². The molecule has 2 aromatic heterocycles. The number of hydrogen-bond donors (Lipinski definition) is 3. The van der Waals surface area contributed by atoms with Gasteiger partial charge in [-0.05, 0) is 109 Å². The highest BCUT2D eigenvalue weighted by molar-refractivity contribution is 6.33. The second-order valence-electron chi connectivity index (χ2n) is 18.7. The molecule has 9 rings (SSSR count). The largest absolute Gasteiger partial charge is 0.478 e. The van der Waals surface area contributed by atoms with Gasteiger partial charge in [0, 0.05) is 80.6 Å². The summed E-state index contributed by atoms with van der Waals surface area (Å²) in [7, 11) is 1.51. The third-order valence-electron chi connectivity index (χ3n) is 14.0. The third-order valence-corrected chi connectivity index (χ3v) is 14.3. The Balaban J connectivity index is 0.774. The molecule has 1 unspecified atom stereocenters. The van der Waals surface area contributed by atoms with Crippen LogP contribution in [0.1, 0.15) is 98.5 Å². The first-order valence-corrected chi connectivity index (χ1v) is 23.6. The van der Waals surface area contributed by atoms with Crippen LogP contribution in [-0.4, -0.2) is 130 Å². The minimum absolute atomic E-state index is 0.0781. The summed E-state index contributed by atoms with van der Waals surface area (Å²) in [5.74, 6) is -1.22. The summed E-state index contributed by atoms with van der Waals surface area (Å²) >= 11 is 6.62. The number of fused-ring (bicyclic) bond motifs is 2. The summed E-state index contributed by atoms with van der Waals surface area (Å²) in [6.45, 7) is 12.9. The van der Waals surface area contributed by atoms with Gasteiger partial charge in [0.1, 0.15) is 11.1 Å². The van der Waals surface area contributed by atoms with Gasteiger partial charge in [-0.2, -0.15) is 4.98 Å². The quantitative estimate of drug-likeness (QED) is 0.165. The minimum Gasteiger partial charge on any atom is -0.478 e. The summed E-state index contributed by atoms with van der Waals surface area (Å²) in [5.41, 5.74) is 3.39. The number of hydrogen-bond acceptors (Lipinski definition) is 14. The van der Waals surface area contributed by atoms with Crippen LogP contribution in [0.2, 0.25) is 5.02 Å². The van der Waals surface area contributed by atoms with Crippen molar-refractivity contribution in [1.82, 2.24) is 35.0 Å². The van der Waals surface area contributed by atoms with Crippen molar-refractivity contribution in [3.05, 3.63) is 74.7 Å². The van der Waals surface area contributed by atoms with E-state index >= 15 is 0 Å². The number of rotatable bonds is 12. The van der Waals surface area contributed by atoms with Crippen LogP contribution < -0.4 is 36.0 Å². The Morgan fingerprint density at radius 3 is 2.43 bits per heavy atom. The lowest BCUT2D eigenvalue weighted by Crippen LogP contribution is -2.62. The fraction of sp³-hybridized carbons (Fsp3) is 0.500. The molecule has 0 radical (unpaired) electrons. The van der Waals surface area contributed by atoms with Crippen molar-refractivity contribution in [3.63, 3.8) is 0 Å². The highest BCUT2D eigenvalue weighted by Gasteiger charge is 2.47. The fourth-order valence-corrected chi connectivity index (χ4v) is 10.5. The predicted molar refractivity (Wildman–Crippen MR) is 252 cm³/mol. The van der Waals surface area contributed by atoms with Gasteiger partial charge in [-0.15, -0.1) is 0 Å². The number of aromatic nitrogens is 3. The van der Waals surface area contributed by atoms with E-state index in [0.29, 0.717) is 39.6 Å². The number of pyridine rings is 1. The summed E-state index contributed by atoms with van der Waals surface area (Å²) < 4.78 is 13.9. The standard InChI is InChI=1S/C48H57ClN10O8/c1-25(2)58-37-9-7-30(17-29(37)18-39(46(58)64)66-24-41(61)50-6)52-43-35(49)21-51-48(54-43)55-15-13-32(14-16-55)67-33-19-31(20-33)56-22-27(4)57(23-26(56)3)36-10-8-34-42(28(36)5)47(65)59(45(34)63)38-11-12-40(60)53-44(38)62/h7-10,17-18,21,25-27,31-33,38H,11-16,19-20,22-24H2,1-6H3,(H,50,61)(H,51,52,54)(H,53,60,62)/t26-,27+,31?,33?,38?/m0/s1. The molecule has 0 bridgehead atoms. The molecule has 354 valence electrons. The molecule has 1 saturated carbocycles. The Morgan fingerprint density at radius 2 is 1.72 bits per heavy atom. The first kappa shape index (κ1) is 46.0. The highest BCUT2D eigenvalue weighted by Crippen LogP contribution is 2.39. The fourth-order valence-electron chi connectivity index (χ4n) is 10.4. The Kier molecular flexibility index (Phi) is 12.7. The molecule has 4 fully saturated rings. The zero-order valence-electron chi connectivity index (χ0n) is 38.6. The molecule has 19 heteroatoms. The van der Waals surface area contributed by atoms with Crippen LogP contribution in [0, 0.1) is 6.92 Å². The van der Waals surface area contributed by atoms with Crippen molar-refractivity contribution >= 4 is 75.2 Å². The molecular weight excluding hydrogens is 880 g/mol. The lowest BCUT2D eigenvalue weighted by Gasteiger charge is -2.53. The highest BCUT2D eigenvalue weighted by atomic mass is 35.5. The van der Waals surface area contributed by atoms with Gasteiger partial charge in [0.05, 0.1) is 35.0 Å². The van der Waals surface area contributed by atoms with Gasteiger partial charge in [0.25, 0.3) is 23.3 Å². The van der Waals surface area contributed by atoms with E-state index in [9.17, 15) is 28.8 Å². The number of benzene rings is 2. The molecule has 3 N–H and O–H groups in total. The van der Waals surface area contributed by atoms with Gasteiger partial charge in [-0.1, -0.05) is 11.6 Å². The van der Waals surface area contributed by atoms with E-state index in [4.69, 9.17) is 26.1 Å². The van der Waals surface area contributed by atoms with Crippen LogP contribution in [0.15, 0.2) is 47.4 Å². The molecule has 67 heavy (non-hydrogen) atoms. The first-order chi connectivity index (χ1) is 32.1. The number of piperidine rings is 2. The van der Waals surface area contributed by atoms with Gasteiger partial charge in [0.2, 0.25) is 17.8 Å². The predicted octanol–water partition coefficient (Wildman–Crippen LogP) is 4.72. The number of nitrogens with one attached hydrogen (secondary N) is 3. The van der Waals surface area contributed by atoms with E-state index in [0.717, 1.165) is 78.9 Å². The van der Waals surface area contributed by atoms with Crippen molar-refractivity contribution in [2.24, 2.45) is 0 Å². The van der Waals surface area contributed by atoms with E-state index in [1.165, 1.54) is 7.05 Å². The SMILES string of the molecule is CNC(=O)COc1cc2cc(Nc3nc(N4CCC(OC5CC(N6C[C@@H](C)N(c7ccc8c(c7C)C(=O)N(C7CCC(=O)NC7=O)C8=O)C[C@@H]6C)C5)CC4)ncc3Cl)ccc2n(C(C)C)c1=O. The summed E-state index contributed by atoms with van der Waals surface area (Å²) in [5, 5.41) is 9.21. The molecule has 0 spiro atoms. The zero-order chi connectivity index (χ0) is 47.4. The zero-order valence-corrected chi connectivity index (χ0v) is 39.4. The number of imide groups is 2. The smallest absolute Gasteiger partial charge is 0.293 e. The van der Waals surface area contributed by atoms with Gasteiger partial charge >= 0.3 is 0 Å². The number of piperazine rings is 1. The maximum absolute atomic E-state index is 13.7. The lowest BCUT2D eigenvalue weighted by molar-refractivity contribution is -0.136. The maximum atomic E-state index is 13.7. The van der Waals surface area contributed by atoms with E-state index in [-0.39, 0.29) is 67.0 Å². The van der Waals surface area contributed by atoms with E-state index < -0.39 is 29.7 Å². The number of halogens is 1. The molecule has 5 aliphatic rings. The summed E-state index contributed by atoms with van der Waals surface area (Å²) in [4.78, 5) is 94.1. The monoisotopic (exact) mass is 936 g/mol. The van der Waals surface area contributed by atoms with Crippen molar-refractivity contribution < 1.29 is 33.4 Å². The second kappa shape index (κ2) is 18.5. The van der Waals surface area contributed by atoms with Crippen LogP contribution in [0.25, 0.3) is 10.9 Å². The number of anilines is 4. The molecule has 3 atom stereocenters. The topological polar surface area (TPSA) is 201 Å². The third kappa shape index (κ3) is 8.82. The van der Waals surface area contributed by atoms with Gasteiger partial charge < -0.3 is 34.5 Å². The van der Waals surface area contributed by atoms with Crippen LogP contribution in [0.5, 0.6) is 5.75 Å². The van der Waals surface area contributed by atoms with Crippen LogP contribution >= 0.6 is 11.6 Å². The number of carbonyl (C=O) groups is 5. The number of nitrogens with zero attached hydrogens (tertiary/aromatic N) is 7. The average molecular weight is 937 g/mol. The lowest BCUT2D eigenvalue weighted by atomic mass is 9.85. The van der Waals surface area contributed by atoms with Crippen LogP contribution in [-0.2, 0) is 19.1 Å². The van der Waals surface area contributed by atoms with E-state index in [2.05, 4.69) is 49.5 Å². The van der Waals surface area contributed by atoms with Gasteiger partial charge in [-0.25, -0.2) is 4.98 Å². The van der Waals surface area contributed by atoms with E-state index in [1.54, 1.807) is 22.9 Å².